The fraction of sp³-hybridized carbons (Fsp3) is 0.0476. The molecule has 0 amide bonds. The van der Waals surface area contributed by atoms with Gasteiger partial charge in [0.2, 0.25) is 0 Å². The second kappa shape index (κ2) is 8.50. The molecule has 2 aromatic heterocycles. The summed E-state index contributed by atoms with van der Waals surface area (Å²) >= 11 is 4.80. The van der Waals surface area contributed by atoms with Crippen LogP contribution in [0.3, 0.4) is 0 Å². The van der Waals surface area contributed by atoms with E-state index in [-0.39, 0.29) is 11.5 Å². The smallest absolute Gasteiger partial charge is 0.196 e. The van der Waals surface area contributed by atoms with Crippen LogP contribution >= 0.6 is 27.7 Å². The van der Waals surface area contributed by atoms with Crippen molar-refractivity contribution in [3.63, 3.8) is 0 Å². The number of hydrogen-bond acceptors (Lipinski definition) is 5. The maximum Gasteiger partial charge on any atom is 0.196 e. The summed E-state index contributed by atoms with van der Waals surface area (Å²) in [4.78, 5) is 17.0. The SMILES string of the molecule is O=C(CSc1nnc(-c2ccccn2)n1-c1ccccc1)c1ccccc1Br. The summed E-state index contributed by atoms with van der Waals surface area (Å²) in [7, 11) is 0. The molecule has 0 saturated carbocycles. The van der Waals surface area contributed by atoms with Crippen LogP contribution in [0, 0.1) is 0 Å². The molecule has 0 fully saturated rings. The Kier molecular flexibility index (Phi) is 5.64. The van der Waals surface area contributed by atoms with Gasteiger partial charge in [-0.05, 0) is 30.3 Å². The van der Waals surface area contributed by atoms with Gasteiger partial charge in [0.05, 0.1) is 5.75 Å². The number of hydrogen-bond donors (Lipinski definition) is 0. The molecule has 28 heavy (non-hydrogen) atoms. The zero-order valence-corrected chi connectivity index (χ0v) is 17.1. The van der Waals surface area contributed by atoms with Gasteiger partial charge < -0.3 is 0 Å². The summed E-state index contributed by atoms with van der Waals surface area (Å²) in [6.07, 6.45) is 1.72. The Balaban J connectivity index is 1.67. The van der Waals surface area contributed by atoms with Crippen LogP contribution in [0.2, 0.25) is 0 Å². The summed E-state index contributed by atoms with van der Waals surface area (Å²) in [5.41, 5.74) is 2.30. The molecule has 2 heterocycles. The van der Waals surface area contributed by atoms with Crippen LogP contribution in [-0.2, 0) is 0 Å². The van der Waals surface area contributed by atoms with Gasteiger partial charge in [-0.3, -0.25) is 14.3 Å². The van der Waals surface area contributed by atoms with Gasteiger partial charge in [0.1, 0.15) is 5.69 Å². The zero-order chi connectivity index (χ0) is 19.3. The van der Waals surface area contributed by atoms with Crippen LogP contribution in [0.4, 0.5) is 0 Å². The predicted octanol–water partition coefficient (Wildman–Crippen LogP) is 5.07. The Morgan fingerprint density at radius 3 is 2.43 bits per heavy atom. The van der Waals surface area contributed by atoms with Crippen molar-refractivity contribution in [1.82, 2.24) is 19.7 Å². The molecule has 0 aliphatic carbocycles. The third kappa shape index (κ3) is 3.90. The number of thioether (sulfide) groups is 1. The molecular weight excluding hydrogens is 436 g/mol. The normalized spacial score (nSPS) is 10.8. The third-order valence-corrected chi connectivity index (χ3v) is 5.67. The second-order valence-electron chi connectivity index (χ2n) is 5.88. The van der Waals surface area contributed by atoms with Gasteiger partial charge in [-0.15, -0.1) is 10.2 Å². The lowest BCUT2D eigenvalue weighted by Crippen LogP contribution is -2.05. The zero-order valence-electron chi connectivity index (χ0n) is 14.7. The third-order valence-electron chi connectivity index (χ3n) is 4.05. The maximum absolute atomic E-state index is 12.6. The number of pyridine rings is 1. The van der Waals surface area contributed by atoms with Gasteiger partial charge in [-0.1, -0.05) is 70.2 Å². The largest absolute Gasteiger partial charge is 0.293 e. The molecule has 0 spiro atoms. The molecule has 7 heteroatoms. The van der Waals surface area contributed by atoms with Crippen molar-refractivity contribution < 1.29 is 4.79 Å². The molecule has 0 aliphatic rings. The molecular formula is C21H15BrN4OS. The van der Waals surface area contributed by atoms with Crippen LogP contribution in [0.5, 0.6) is 0 Å². The number of para-hydroxylation sites is 1. The number of carbonyl (C=O) groups is 1. The molecule has 0 radical (unpaired) electrons. The number of halogens is 1. The summed E-state index contributed by atoms with van der Waals surface area (Å²) in [6, 6.07) is 22.9. The van der Waals surface area contributed by atoms with E-state index in [0.717, 1.165) is 15.9 Å². The number of nitrogens with zero attached hydrogens (tertiary/aromatic N) is 4. The monoisotopic (exact) mass is 450 g/mol. The van der Waals surface area contributed by atoms with E-state index in [0.29, 0.717) is 16.5 Å². The van der Waals surface area contributed by atoms with Crippen LogP contribution in [0.15, 0.2) is 88.6 Å². The number of benzene rings is 2. The van der Waals surface area contributed by atoms with Gasteiger partial charge in [0.25, 0.3) is 0 Å². The molecule has 0 atom stereocenters. The summed E-state index contributed by atoms with van der Waals surface area (Å²) in [5.74, 6) is 0.928. The standard InChI is InChI=1S/C21H15BrN4OS/c22-17-11-5-4-10-16(17)19(27)14-28-21-25-24-20(18-12-6-7-13-23-18)26(21)15-8-2-1-3-9-15/h1-13H,14H2. The van der Waals surface area contributed by atoms with Crippen LogP contribution < -0.4 is 0 Å². The van der Waals surface area contributed by atoms with E-state index in [1.165, 1.54) is 11.8 Å². The maximum atomic E-state index is 12.6. The minimum absolute atomic E-state index is 0.0273. The van der Waals surface area contributed by atoms with Crippen molar-refractivity contribution in [3.05, 3.63) is 89.0 Å². The highest BCUT2D eigenvalue weighted by Gasteiger charge is 2.18. The molecule has 0 aliphatic heterocycles. The molecule has 5 nitrogen and oxygen atoms in total. The van der Waals surface area contributed by atoms with E-state index in [1.54, 1.807) is 6.20 Å². The first-order chi connectivity index (χ1) is 13.7. The van der Waals surface area contributed by atoms with Crippen LogP contribution in [-0.4, -0.2) is 31.3 Å². The van der Waals surface area contributed by atoms with Gasteiger partial charge in [-0.2, -0.15) is 0 Å². The highest BCUT2D eigenvalue weighted by molar-refractivity contribution is 9.10. The summed E-state index contributed by atoms with van der Waals surface area (Å²) < 4.78 is 2.72. The second-order valence-corrected chi connectivity index (χ2v) is 7.68. The highest BCUT2D eigenvalue weighted by Crippen LogP contribution is 2.28. The van der Waals surface area contributed by atoms with Gasteiger partial charge >= 0.3 is 0 Å². The number of rotatable bonds is 6. The minimum Gasteiger partial charge on any atom is -0.293 e. The number of Topliss-reactive ketones (excluding diaryl/α,β-unsaturated/α-hetero) is 1. The molecule has 4 rings (SSSR count). The minimum atomic E-state index is 0.0273. The van der Waals surface area contributed by atoms with Crippen molar-refractivity contribution in [3.8, 4) is 17.2 Å². The van der Waals surface area contributed by atoms with Crippen molar-refractivity contribution in [2.24, 2.45) is 0 Å². The van der Waals surface area contributed by atoms with Crippen LogP contribution in [0.25, 0.3) is 17.2 Å². The Labute approximate surface area is 175 Å². The van der Waals surface area contributed by atoms with Gasteiger partial charge in [0.15, 0.2) is 16.8 Å². The van der Waals surface area contributed by atoms with Crippen LogP contribution in [0.1, 0.15) is 10.4 Å². The Hall–Kier alpha value is -2.77. The fourth-order valence-corrected chi connectivity index (χ4v) is 4.07. The molecule has 0 bridgehead atoms. The van der Waals surface area contributed by atoms with Crippen molar-refractivity contribution in [2.75, 3.05) is 5.75 Å². The molecule has 138 valence electrons. The fourth-order valence-electron chi connectivity index (χ4n) is 2.73. The summed E-state index contributed by atoms with van der Waals surface area (Å²) in [5, 5.41) is 9.31. The van der Waals surface area contributed by atoms with Crippen molar-refractivity contribution >= 4 is 33.5 Å². The van der Waals surface area contributed by atoms with E-state index in [9.17, 15) is 4.79 Å². The molecule has 2 aromatic carbocycles. The Morgan fingerprint density at radius 2 is 1.68 bits per heavy atom. The number of aromatic nitrogens is 4. The first kappa shape index (κ1) is 18.6. The average molecular weight is 451 g/mol. The molecule has 0 saturated heterocycles. The Morgan fingerprint density at radius 1 is 0.929 bits per heavy atom. The van der Waals surface area contributed by atoms with E-state index in [4.69, 9.17) is 0 Å². The quantitative estimate of drug-likeness (QED) is 0.303. The van der Waals surface area contributed by atoms with Gasteiger partial charge in [0, 0.05) is 21.9 Å². The topological polar surface area (TPSA) is 60.7 Å². The van der Waals surface area contributed by atoms with E-state index >= 15 is 0 Å². The first-order valence-electron chi connectivity index (χ1n) is 8.57. The first-order valence-corrected chi connectivity index (χ1v) is 10.3. The molecule has 4 aromatic rings. The predicted molar refractivity (Wildman–Crippen MR) is 114 cm³/mol. The van der Waals surface area contributed by atoms with Crippen molar-refractivity contribution in [1.29, 1.82) is 0 Å². The number of ketones is 1. The van der Waals surface area contributed by atoms with E-state index in [1.807, 2.05) is 77.4 Å². The highest BCUT2D eigenvalue weighted by atomic mass is 79.9. The number of carbonyl (C=O) groups excluding carboxylic acids is 1. The lowest BCUT2D eigenvalue weighted by Gasteiger charge is -2.10. The lowest BCUT2D eigenvalue weighted by molar-refractivity contribution is 0.102. The van der Waals surface area contributed by atoms with E-state index < -0.39 is 0 Å². The van der Waals surface area contributed by atoms with Gasteiger partial charge in [-0.25, -0.2) is 0 Å². The van der Waals surface area contributed by atoms with Crippen molar-refractivity contribution in [2.45, 2.75) is 5.16 Å². The summed E-state index contributed by atoms with van der Waals surface area (Å²) in [6.45, 7) is 0. The van der Waals surface area contributed by atoms with E-state index in [2.05, 4.69) is 31.1 Å². The Bertz CT molecular complexity index is 1100. The molecule has 0 unspecified atom stereocenters. The average Bonchev–Trinajstić information content (AvgIpc) is 3.17. The lowest BCUT2D eigenvalue weighted by atomic mass is 10.1. The molecule has 0 N–H and O–H groups in total.